The molecule has 3 aliphatic carbocycles. The Morgan fingerprint density at radius 1 is 0.216 bits per heavy atom. The van der Waals surface area contributed by atoms with Crippen molar-refractivity contribution in [3.05, 3.63) is 331 Å². The largest absolute Gasteiger partial charge is 0.456 e. The van der Waals surface area contributed by atoms with E-state index < -0.39 is 0 Å². The van der Waals surface area contributed by atoms with Gasteiger partial charge in [-0.2, -0.15) is 0 Å². The van der Waals surface area contributed by atoms with Crippen LogP contribution in [-0.4, -0.2) is 23.7 Å². The summed E-state index contributed by atoms with van der Waals surface area (Å²) < 4.78 is 26.9. The van der Waals surface area contributed by atoms with E-state index in [-0.39, 0.29) is 16.2 Å². The number of fused-ring (bicyclic) bond motifs is 27. The van der Waals surface area contributed by atoms with E-state index in [1.54, 1.807) is 0 Å². The molecule has 0 amide bonds. The SMILES string of the molecule is CC1(C)c2cc(-c3cc(-c4ccc5c(c4)C(C)(C)c4cc(-n6c7ccccc7c7cc8c(cc76)oc6ccccc68)ccc4-5)nc(-c4ccc5c(c4)C(C)(C)c4cc(-n6c7ccccc7c7cc8c(cc76)oc6ccccc68)ccc4-5)n3)ccc2-c2ccc(-n3c4ccccc4c4cc5c(cc43)oc3ccccc35)cc21. The molecule has 0 saturated heterocycles. The molecule has 7 heterocycles. The average molecular weight is 1420 g/mol. The third-order valence-electron chi connectivity index (χ3n) is 25.8. The normalized spacial score (nSPS) is 14.4. The van der Waals surface area contributed by atoms with Gasteiger partial charge in [0.1, 0.15) is 33.5 Å². The molecule has 15 aromatic carbocycles. The molecule has 0 radical (unpaired) electrons. The van der Waals surface area contributed by atoms with E-state index in [0.717, 1.165) is 144 Å². The molecule has 8 heteroatoms. The Morgan fingerprint density at radius 3 is 0.838 bits per heavy atom. The third kappa shape index (κ3) is 8.22. The molecule has 0 atom stereocenters. The molecule has 25 rings (SSSR count). The second-order valence-electron chi connectivity index (χ2n) is 32.8. The van der Waals surface area contributed by atoms with Gasteiger partial charge in [0.2, 0.25) is 0 Å². The maximum Gasteiger partial charge on any atom is 0.160 e. The molecule has 0 N–H and O–H groups in total. The highest BCUT2D eigenvalue weighted by molar-refractivity contribution is 6.21. The van der Waals surface area contributed by atoms with Crippen LogP contribution in [0, 0.1) is 0 Å². The van der Waals surface area contributed by atoms with Gasteiger partial charge in [0, 0.05) is 133 Å². The van der Waals surface area contributed by atoms with Gasteiger partial charge < -0.3 is 27.0 Å². The second kappa shape index (κ2) is 21.3. The van der Waals surface area contributed by atoms with Crippen molar-refractivity contribution in [2.24, 2.45) is 0 Å². The lowest BCUT2D eigenvalue weighted by Gasteiger charge is -2.23. The molecule has 7 aromatic heterocycles. The van der Waals surface area contributed by atoms with E-state index >= 15 is 0 Å². The first-order valence-corrected chi connectivity index (χ1v) is 38.6. The van der Waals surface area contributed by atoms with E-state index in [1.807, 2.05) is 18.2 Å². The summed E-state index contributed by atoms with van der Waals surface area (Å²) in [7, 11) is 0. The first kappa shape index (κ1) is 61.2. The Balaban J connectivity index is 0.618. The number of hydrogen-bond donors (Lipinski definition) is 0. The average Bonchev–Trinajstić information content (AvgIpc) is 1.56. The summed E-state index contributed by atoms with van der Waals surface area (Å²) in [5, 5.41) is 14.0. The van der Waals surface area contributed by atoms with Crippen molar-refractivity contribution in [2.45, 2.75) is 57.8 Å². The van der Waals surface area contributed by atoms with Gasteiger partial charge in [-0.3, -0.25) is 0 Å². The quantitative estimate of drug-likeness (QED) is 0.166. The van der Waals surface area contributed by atoms with Crippen molar-refractivity contribution in [2.75, 3.05) is 0 Å². The summed E-state index contributed by atoms with van der Waals surface area (Å²) in [6.07, 6.45) is 0. The topological polar surface area (TPSA) is 80.0 Å². The fourth-order valence-electron chi connectivity index (χ4n) is 20.3. The zero-order valence-electron chi connectivity index (χ0n) is 61.8. The van der Waals surface area contributed by atoms with Crippen molar-refractivity contribution < 1.29 is 13.3 Å². The van der Waals surface area contributed by atoms with E-state index in [1.165, 1.54) is 99.1 Å². The molecule has 3 aliphatic rings. The first-order valence-electron chi connectivity index (χ1n) is 38.6. The predicted octanol–water partition coefficient (Wildman–Crippen LogP) is 27.4. The van der Waals surface area contributed by atoms with Crippen LogP contribution in [0.15, 0.2) is 311 Å². The number of para-hydroxylation sites is 6. The highest BCUT2D eigenvalue weighted by Crippen LogP contribution is 2.56. The highest BCUT2D eigenvalue weighted by Gasteiger charge is 2.40. The zero-order valence-corrected chi connectivity index (χ0v) is 61.8. The number of furan rings is 3. The summed E-state index contributed by atoms with van der Waals surface area (Å²) in [5.74, 6) is 0.678. The zero-order chi connectivity index (χ0) is 73.4. The fraction of sp³-hybridized carbons (Fsp3) is 0.0874. The molecule has 0 fully saturated rings. The molecule has 111 heavy (non-hydrogen) atoms. The van der Waals surface area contributed by atoms with Gasteiger partial charge in [-0.25, -0.2) is 9.97 Å². The Kier molecular flexibility index (Phi) is 11.8. The third-order valence-corrected chi connectivity index (χ3v) is 25.8. The lowest BCUT2D eigenvalue weighted by molar-refractivity contribution is 0.660. The minimum Gasteiger partial charge on any atom is -0.456 e. The Morgan fingerprint density at radius 2 is 0.495 bits per heavy atom. The van der Waals surface area contributed by atoms with Crippen LogP contribution in [0.1, 0.15) is 74.9 Å². The molecule has 0 unspecified atom stereocenters. The van der Waals surface area contributed by atoms with E-state index in [0.29, 0.717) is 5.82 Å². The Labute approximate surface area is 636 Å². The minimum atomic E-state index is -0.381. The number of benzene rings is 15. The lowest BCUT2D eigenvalue weighted by atomic mass is 9.81. The van der Waals surface area contributed by atoms with Crippen LogP contribution in [0.3, 0.4) is 0 Å². The molecule has 0 spiro atoms. The molecule has 22 aromatic rings. The Hall–Kier alpha value is -13.8. The smallest absolute Gasteiger partial charge is 0.160 e. The number of aromatic nitrogens is 5. The number of nitrogens with zero attached hydrogens (tertiary/aromatic N) is 5. The maximum absolute atomic E-state index is 6.55. The van der Waals surface area contributed by atoms with Crippen LogP contribution >= 0.6 is 0 Å². The fourth-order valence-corrected chi connectivity index (χ4v) is 20.3. The van der Waals surface area contributed by atoms with Gasteiger partial charge in [-0.15, -0.1) is 0 Å². The van der Waals surface area contributed by atoms with Gasteiger partial charge in [0.05, 0.1) is 44.5 Å². The van der Waals surface area contributed by atoms with E-state index in [4.69, 9.17) is 23.2 Å². The summed E-state index contributed by atoms with van der Waals surface area (Å²) in [6, 6.07) is 110. The molecule has 0 saturated carbocycles. The maximum atomic E-state index is 6.55. The lowest BCUT2D eigenvalue weighted by Crippen LogP contribution is -2.16. The van der Waals surface area contributed by atoms with Gasteiger partial charge in [0.25, 0.3) is 0 Å². The van der Waals surface area contributed by atoms with Crippen LogP contribution in [0.25, 0.3) is 216 Å². The minimum absolute atomic E-state index is 0.369. The van der Waals surface area contributed by atoms with E-state index in [9.17, 15) is 0 Å². The van der Waals surface area contributed by atoms with Gasteiger partial charge in [-0.1, -0.05) is 205 Å². The van der Waals surface area contributed by atoms with Gasteiger partial charge in [0.15, 0.2) is 5.82 Å². The highest BCUT2D eigenvalue weighted by atomic mass is 16.3. The van der Waals surface area contributed by atoms with Crippen molar-refractivity contribution in [1.82, 2.24) is 23.7 Å². The van der Waals surface area contributed by atoms with Crippen LogP contribution in [-0.2, 0) is 16.2 Å². The van der Waals surface area contributed by atoms with Crippen LogP contribution in [0.2, 0.25) is 0 Å². The molecule has 522 valence electrons. The van der Waals surface area contributed by atoms with Crippen LogP contribution < -0.4 is 0 Å². The van der Waals surface area contributed by atoms with Crippen molar-refractivity contribution in [3.63, 3.8) is 0 Å². The first-order chi connectivity index (χ1) is 54.2. The van der Waals surface area contributed by atoms with E-state index in [2.05, 4.69) is 334 Å². The van der Waals surface area contributed by atoms with Crippen molar-refractivity contribution in [1.29, 1.82) is 0 Å². The molecular weight excluding hydrogens is 1360 g/mol. The number of hydrogen-bond acceptors (Lipinski definition) is 5. The van der Waals surface area contributed by atoms with Gasteiger partial charge >= 0.3 is 0 Å². The predicted molar refractivity (Wildman–Crippen MR) is 456 cm³/mol. The van der Waals surface area contributed by atoms with Crippen LogP contribution in [0.4, 0.5) is 0 Å². The summed E-state index contributed by atoms with van der Waals surface area (Å²) >= 11 is 0. The second-order valence-corrected chi connectivity index (χ2v) is 32.8. The summed E-state index contributed by atoms with van der Waals surface area (Å²) in [5.41, 5.74) is 34.2. The van der Waals surface area contributed by atoms with Crippen LogP contribution in [0.5, 0.6) is 0 Å². The molecule has 0 aliphatic heterocycles. The van der Waals surface area contributed by atoms with Crippen molar-refractivity contribution in [3.8, 4) is 84.3 Å². The summed E-state index contributed by atoms with van der Waals surface area (Å²) in [4.78, 5) is 11.4. The van der Waals surface area contributed by atoms with Crippen molar-refractivity contribution >= 4 is 131 Å². The molecule has 0 bridgehead atoms. The summed E-state index contributed by atoms with van der Waals surface area (Å²) in [6.45, 7) is 14.3. The monoisotopic (exact) mass is 1420 g/mol. The molecule has 8 nitrogen and oxygen atoms in total. The number of rotatable bonds is 6. The van der Waals surface area contributed by atoms with Gasteiger partial charge in [-0.05, 0) is 182 Å². The molecular formula is C103H67N5O3. The standard InChI is InChI=1S/C103H67N5O3/c1-101(2)80-43-56(31-37-62(80)65-40-34-59(46-83(65)101)106-88-25-13-7-19-68(88)74-49-77-71-22-10-16-28-94(71)109-97(77)53-91(74)106)86-52-87(57-32-38-63-66-41-35-60(47-84(66)102(3,4)81(63)44-57)107-89-26-14-8-20-69(89)75-50-78-72-23-11-17-29-95(72)110-98(78)54-92(75)107)105-100(104-86)58-33-39-64-67-42-36-61(48-85(67)103(5,6)82(64)45-58)108-90-27-15-9-21-70(90)76-51-79-73-24-12-18-30-96(73)111-99(79)55-93(76)108/h7-55H,1-6H3. The Bertz CT molecular complexity index is 7250.